The number of benzene rings is 2. The highest BCUT2D eigenvalue weighted by Gasteiger charge is 2.17. The molecule has 0 aliphatic carbocycles. The second-order valence-electron chi connectivity index (χ2n) is 5.10. The molecule has 0 saturated carbocycles. The summed E-state index contributed by atoms with van der Waals surface area (Å²) in [5.41, 5.74) is 1.95. The third kappa shape index (κ3) is 3.05. The molecule has 4 rings (SSSR count). The molecule has 6 nitrogen and oxygen atoms in total. The zero-order valence-corrected chi connectivity index (χ0v) is 14.1. The van der Waals surface area contributed by atoms with E-state index in [1.165, 1.54) is 11.8 Å². The SMILES string of the molecule is Clc1cc(CSc2nnnn2-c2ccccc2)cc2c1OCCO2. The van der Waals surface area contributed by atoms with Gasteiger partial charge in [0.2, 0.25) is 5.16 Å². The Morgan fingerprint density at radius 2 is 1.96 bits per heavy atom. The molecule has 0 atom stereocenters. The van der Waals surface area contributed by atoms with Gasteiger partial charge in [-0.25, -0.2) is 0 Å². The van der Waals surface area contributed by atoms with Crippen molar-refractivity contribution in [1.29, 1.82) is 0 Å². The smallest absolute Gasteiger partial charge is 0.214 e. The number of nitrogens with zero attached hydrogens (tertiary/aromatic N) is 4. The quantitative estimate of drug-likeness (QED) is 0.665. The number of para-hydroxylation sites is 1. The van der Waals surface area contributed by atoms with Crippen LogP contribution in [0.2, 0.25) is 5.02 Å². The largest absolute Gasteiger partial charge is 0.486 e. The molecule has 0 fully saturated rings. The molecule has 24 heavy (non-hydrogen) atoms. The summed E-state index contributed by atoms with van der Waals surface area (Å²) in [4.78, 5) is 0. The summed E-state index contributed by atoms with van der Waals surface area (Å²) >= 11 is 7.81. The summed E-state index contributed by atoms with van der Waals surface area (Å²) in [6.07, 6.45) is 0. The molecule has 2 aromatic carbocycles. The van der Waals surface area contributed by atoms with Crippen LogP contribution in [-0.2, 0) is 5.75 Å². The number of rotatable bonds is 4. The molecule has 0 bridgehead atoms. The molecule has 8 heteroatoms. The molecule has 0 spiro atoms. The Hall–Kier alpha value is -2.25. The van der Waals surface area contributed by atoms with Crippen LogP contribution in [0.5, 0.6) is 11.5 Å². The fraction of sp³-hybridized carbons (Fsp3) is 0.188. The van der Waals surface area contributed by atoms with E-state index < -0.39 is 0 Å². The van der Waals surface area contributed by atoms with E-state index in [0.717, 1.165) is 11.3 Å². The first-order valence-electron chi connectivity index (χ1n) is 7.36. The van der Waals surface area contributed by atoms with Crippen LogP contribution in [0.25, 0.3) is 5.69 Å². The lowest BCUT2D eigenvalue weighted by molar-refractivity contribution is 0.171. The predicted octanol–water partition coefficient (Wildman–Crippen LogP) is 3.38. The summed E-state index contributed by atoms with van der Waals surface area (Å²) in [5, 5.41) is 13.2. The summed E-state index contributed by atoms with van der Waals surface area (Å²) < 4.78 is 12.9. The van der Waals surface area contributed by atoms with Crippen molar-refractivity contribution < 1.29 is 9.47 Å². The average molecular weight is 361 g/mol. The molecule has 0 N–H and O–H groups in total. The molecule has 0 radical (unpaired) electrons. The highest BCUT2D eigenvalue weighted by Crippen LogP contribution is 2.39. The van der Waals surface area contributed by atoms with Crippen molar-refractivity contribution in [2.24, 2.45) is 0 Å². The number of aromatic nitrogens is 4. The van der Waals surface area contributed by atoms with E-state index in [1.807, 2.05) is 42.5 Å². The maximum Gasteiger partial charge on any atom is 0.214 e. The van der Waals surface area contributed by atoms with Gasteiger partial charge in [0.25, 0.3) is 0 Å². The maximum absolute atomic E-state index is 6.28. The van der Waals surface area contributed by atoms with Crippen molar-refractivity contribution in [3.63, 3.8) is 0 Å². The fourth-order valence-electron chi connectivity index (χ4n) is 2.40. The Bertz CT molecular complexity index is 857. The summed E-state index contributed by atoms with van der Waals surface area (Å²) in [5.74, 6) is 1.97. The van der Waals surface area contributed by atoms with Crippen LogP contribution in [0, 0.1) is 0 Å². The van der Waals surface area contributed by atoms with E-state index >= 15 is 0 Å². The van der Waals surface area contributed by atoms with Gasteiger partial charge in [0.05, 0.1) is 10.7 Å². The Morgan fingerprint density at radius 1 is 1.12 bits per heavy atom. The van der Waals surface area contributed by atoms with E-state index in [-0.39, 0.29) is 0 Å². The lowest BCUT2D eigenvalue weighted by atomic mass is 10.2. The number of tetrazole rings is 1. The van der Waals surface area contributed by atoms with E-state index in [9.17, 15) is 0 Å². The molecule has 2 heterocycles. The molecule has 1 aliphatic heterocycles. The maximum atomic E-state index is 6.28. The first kappa shape index (κ1) is 15.3. The molecule has 122 valence electrons. The summed E-state index contributed by atoms with van der Waals surface area (Å²) in [6, 6.07) is 13.6. The molecule has 0 amide bonds. The second kappa shape index (κ2) is 6.70. The van der Waals surface area contributed by atoms with Gasteiger partial charge in [-0.1, -0.05) is 41.6 Å². The second-order valence-corrected chi connectivity index (χ2v) is 6.45. The topological polar surface area (TPSA) is 62.1 Å². The number of halogens is 1. The Kier molecular flexibility index (Phi) is 4.27. The lowest BCUT2D eigenvalue weighted by Gasteiger charge is -2.20. The van der Waals surface area contributed by atoms with E-state index in [0.29, 0.717) is 40.6 Å². The van der Waals surface area contributed by atoms with Crippen molar-refractivity contribution in [2.75, 3.05) is 13.2 Å². The minimum absolute atomic E-state index is 0.521. The lowest BCUT2D eigenvalue weighted by Crippen LogP contribution is -2.15. The first-order valence-corrected chi connectivity index (χ1v) is 8.72. The van der Waals surface area contributed by atoms with Crippen LogP contribution in [-0.4, -0.2) is 33.4 Å². The van der Waals surface area contributed by atoms with Crippen molar-refractivity contribution in [2.45, 2.75) is 10.9 Å². The first-order chi connectivity index (χ1) is 11.8. The number of hydrogen-bond donors (Lipinski definition) is 0. The van der Waals surface area contributed by atoms with Gasteiger partial charge in [-0.3, -0.25) is 0 Å². The zero-order valence-electron chi connectivity index (χ0n) is 12.6. The Labute approximate surface area is 147 Å². The summed E-state index contributed by atoms with van der Waals surface area (Å²) in [6.45, 7) is 1.05. The van der Waals surface area contributed by atoms with Crippen LogP contribution in [0.4, 0.5) is 0 Å². The standard InChI is InChI=1S/C16H13ClN4O2S/c17-13-8-11(9-14-15(13)23-7-6-22-14)10-24-16-18-19-20-21(16)12-4-2-1-3-5-12/h1-5,8-9H,6-7,10H2. The molecule has 1 aromatic heterocycles. The summed E-state index contributed by atoms with van der Waals surface area (Å²) in [7, 11) is 0. The van der Waals surface area contributed by atoms with Gasteiger partial charge in [0.1, 0.15) is 13.2 Å². The van der Waals surface area contributed by atoms with Gasteiger partial charge in [-0.05, 0) is 40.3 Å². The Balaban J connectivity index is 1.54. The van der Waals surface area contributed by atoms with Crippen LogP contribution >= 0.6 is 23.4 Å². The van der Waals surface area contributed by atoms with Gasteiger partial charge < -0.3 is 9.47 Å². The van der Waals surface area contributed by atoms with Gasteiger partial charge in [0.15, 0.2) is 11.5 Å². The molecular formula is C16H13ClN4O2S. The van der Waals surface area contributed by atoms with Crippen molar-refractivity contribution in [3.8, 4) is 17.2 Å². The van der Waals surface area contributed by atoms with Crippen molar-refractivity contribution >= 4 is 23.4 Å². The average Bonchev–Trinajstić information content (AvgIpc) is 3.09. The fourth-order valence-corrected chi connectivity index (χ4v) is 3.50. The number of hydrogen-bond acceptors (Lipinski definition) is 6. The number of ether oxygens (including phenoxy) is 2. The van der Waals surface area contributed by atoms with Crippen molar-refractivity contribution in [1.82, 2.24) is 20.2 Å². The van der Waals surface area contributed by atoms with E-state index in [2.05, 4.69) is 15.5 Å². The Morgan fingerprint density at radius 3 is 2.83 bits per heavy atom. The molecule has 3 aromatic rings. The minimum Gasteiger partial charge on any atom is -0.486 e. The molecular weight excluding hydrogens is 348 g/mol. The van der Waals surface area contributed by atoms with Gasteiger partial charge in [-0.2, -0.15) is 4.68 Å². The number of fused-ring (bicyclic) bond motifs is 1. The normalized spacial score (nSPS) is 13.0. The van der Waals surface area contributed by atoms with Gasteiger partial charge in [0, 0.05) is 5.75 Å². The highest BCUT2D eigenvalue weighted by atomic mass is 35.5. The highest BCUT2D eigenvalue weighted by molar-refractivity contribution is 7.98. The van der Waals surface area contributed by atoms with E-state index in [1.54, 1.807) is 4.68 Å². The van der Waals surface area contributed by atoms with E-state index in [4.69, 9.17) is 21.1 Å². The van der Waals surface area contributed by atoms with Gasteiger partial charge >= 0.3 is 0 Å². The van der Waals surface area contributed by atoms with Crippen LogP contribution in [0.15, 0.2) is 47.6 Å². The zero-order chi connectivity index (χ0) is 16.4. The number of thioether (sulfide) groups is 1. The minimum atomic E-state index is 0.521. The van der Waals surface area contributed by atoms with Crippen LogP contribution in [0.1, 0.15) is 5.56 Å². The van der Waals surface area contributed by atoms with Crippen LogP contribution < -0.4 is 9.47 Å². The van der Waals surface area contributed by atoms with Crippen molar-refractivity contribution in [3.05, 3.63) is 53.1 Å². The predicted molar refractivity (Wildman–Crippen MR) is 91.2 cm³/mol. The molecule has 0 saturated heterocycles. The van der Waals surface area contributed by atoms with Crippen LogP contribution in [0.3, 0.4) is 0 Å². The third-order valence-electron chi connectivity index (χ3n) is 3.47. The molecule has 0 unspecified atom stereocenters. The third-order valence-corrected chi connectivity index (χ3v) is 4.74. The molecule has 1 aliphatic rings. The monoisotopic (exact) mass is 360 g/mol. The van der Waals surface area contributed by atoms with Gasteiger partial charge in [-0.15, -0.1) is 5.10 Å².